The molecule has 4 aromatic rings. The molecular formula is C28H29N5S. The summed E-state index contributed by atoms with van der Waals surface area (Å²) in [6.07, 6.45) is 5.55. The van der Waals surface area contributed by atoms with Gasteiger partial charge in [-0.2, -0.15) is 0 Å². The highest BCUT2D eigenvalue weighted by Gasteiger charge is 2.42. The molecule has 3 aromatic heterocycles. The average Bonchev–Trinajstić information content (AvgIpc) is 3.30. The first-order chi connectivity index (χ1) is 16.4. The highest BCUT2D eigenvalue weighted by atomic mass is 32.1. The summed E-state index contributed by atoms with van der Waals surface area (Å²) in [5, 5.41) is 4.32. The van der Waals surface area contributed by atoms with Crippen molar-refractivity contribution in [1.82, 2.24) is 19.9 Å². The maximum absolute atomic E-state index is 5.92. The van der Waals surface area contributed by atoms with E-state index in [4.69, 9.17) is 17.2 Å². The first-order valence-corrected chi connectivity index (χ1v) is 12.0. The molecule has 172 valence electrons. The molecule has 0 amide bonds. The third kappa shape index (κ3) is 4.10. The minimum absolute atomic E-state index is 0.0130. The number of benzene rings is 1. The lowest BCUT2D eigenvalue weighted by Crippen LogP contribution is -2.29. The van der Waals surface area contributed by atoms with E-state index in [1.54, 1.807) is 0 Å². The Morgan fingerprint density at radius 1 is 0.912 bits per heavy atom. The maximum atomic E-state index is 5.92. The number of hydrogen-bond donors (Lipinski definition) is 1. The van der Waals surface area contributed by atoms with Crippen molar-refractivity contribution in [1.29, 1.82) is 0 Å². The highest BCUT2D eigenvalue weighted by molar-refractivity contribution is 7.80. The Kier molecular flexibility index (Phi) is 5.92. The lowest BCUT2D eigenvalue weighted by atomic mass is 9.96. The molecular weight excluding hydrogens is 438 g/mol. The molecule has 2 atom stereocenters. The minimum atomic E-state index is -0.0515. The van der Waals surface area contributed by atoms with Gasteiger partial charge in [0.1, 0.15) is 0 Å². The topological polar surface area (TPSA) is 46.0 Å². The number of thiocarbonyl (C=S) groups is 1. The molecule has 0 bridgehead atoms. The second kappa shape index (κ2) is 9.03. The first-order valence-electron chi connectivity index (χ1n) is 11.6. The van der Waals surface area contributed by atoms with E-state index in [2.05, 4.69) is 89.9 Å². The SMILES string of the molecule is Cc1cc(C)cc(N2C(=S)NC(c3ccccn3)C2c2cc(C)n(Cc3ccncc3)c2C)c1. The Bertz CT molecular complexity index is 1310. The van der Waals surface area contributed by atoms with Crippen molar-refractivity contribution < 1.29 is 0 Å². The fourth-order valence-corrected chi connectivity index (χ4v) is 5.43. The Labute approximate surface area is 206 Å². The number of nitrogens with one attached hydrogen (secondary N) is 1. The number of anilines is 1. The van der Waals surface area contributed by atoms with Gasteiger partial charge in [0.05, 0.1) is 17.8 Å². The molecule has 1 N–H and O–H groups in total. The van der Waals surface area contributed by atoms with Gasteiger partial charge >= 0.3 is 0 Å². The molecule has 4 heterocycles. The zero-order valence-electron chi connectivity index (χ0n) is 20.0. The third-order valence-corrected chi connectivity index (χ3v) is 6.92. The van der Waals surface area contributed by atoms with E-state index in [9.17, 15) is 0 Å². The quantitative estimate of drug-likeness (QED) is 0.380. The minimum Gasteiger partial charge on any atom is -0.351 e. The van der Waals surface area contributed by atoms with E-state index in [-0.39, 0.29) is 12.1 Å². The lowest BCUT2D eigenvalue weighted by Gasteiger charge is -2.29. The zero-order chi connectivity index (χ0) is 23.8. The molecule has 34 heavy (non-hydrogen) atoms. The molecule has 0 spiro atoms. The van der Waals surface area contributed by atoms with E-state index in [0.29, 0.717) is 0 Å². The van der Waals surface area contributed by atoms with Crippen LogP contribution in [0.15, 0.2) is 73.2 Å². The molecule has 0 radical (unpaired) electrons. The third-order valence-electron chi connectivity index (χ3n) is 6.60. The molecule has 1 fully saturated rings. The Balaban J connectivity index is 1.64. The molecule has 0 saturated carbocycles. The van der Waals surface area contributed by atoms with Gasteiger partial charge in [0.25, 0.3) is 0 Å². The lowest BCUT2D eigenvalue weighted by molar-refractivity contribution is 0.563. The normalized spacial score (nSPS) is 17.8. The maximum Gasteiger partial charge on any atom is 0.174 e. The molecule has 1 aliphatic rings. The van der Waals surface area contributed by atoms with Gasteiger partial charge in [-0.3, -0.25) is 9.97 Å². The average molecular weight is 468 g/mol. The number of pyridine rings is 2. The van der Waals surface area contributed by atoms with Crippen LogP contribution in [0.4, 0.5) is 5.69 Å². The van der Waals surface area contributed by atoms with E-state index in [0.717, 1.165) is 23.0 Å². The molecule has 1 saturated heterocycles. The van der Waals surface area contributed by atoms with Crippen LogP contribution in [0.3, 0.4) is 0 Å². The number of rotatable bonds is 5. The van der Waals surface area contributed by atoms with Gasteiger partial charge in [0.15, 0.2) is 5.11 Å². The summed E-state index contributed by atoms with van der Waals surface area (Å²) in [6.45, 7) is 9.46. The summed E-state index contributed by atoms with van der Waals surface area (Å²) in [7, 11) is 0. The van der Waals surface area contributed by atoms with Crippen molar-refractivity contribution in [3.8, 4) is 0 Å². The van der Waals surface area contributed by atoms with E-state index < -0.39 is 0 Å². The van der Waals surface area contributed by atoms with Gasteiger partial charge in [-0.25, -0.2) is 0 Å². The summed E-state index contributed by atoms with van der Waals surface area (Å²) >= 11 is 5.92. The standard InChI is InChI=1S/C28H29N5S/c1-18-13-19(2)15-23(14-18)33-27(26(31-28(33)34)25-7-5-6-10-30-25)24-16-20(3)32(21(24)4)17-22-8-11-29-12-9-22/h5-16,26-27H,17H2,1-4H3,(H,31,34). The van der Waals surface area contributed by atoms with Crippen LogP contribution in [-0.2, 0) is 6.54 Å². The number of nitrogens with zero attached hydrogens (tertiary/aromatic N) is 4. The van der Waals surface area contributed by atoms with Crippen LogP contribution in [0.2, 0.25) is 0 Å². The molecule has 5 rings (SSSR count). The summed E-state index contributed by atoms with van der Waals surface area (Å²) in [5.74, 6) is 0. The van der Waals surface area contributed by atoms with Crippen LogP contribution >= 0.6 is 12.2 Å². The zero-order valence-corrected chi connectivity index (χ0v) is 20.8. The van der Waals surface area contributed by atoms with E-state index >= 15 is 0 Å². The van der Waals surface area contributed by atoms with E-state index in [1.165, 1.54) is 33.6 Å². The molecule has 0 aliphatic carbocycles. The number of aryl methyl sites for hydroxylation is 3. The first kappa shape index (κ1) is 22.3. The smallest absolute Gasteiger partial charge is 0.174 e. The Morgan fingerprint density at radius 2 is 1.65 bits per heavy atom. The van der Waals surface area contributed by atoms with Crippen molar-refractivity contribution in [2.45, 2.75) is 46.3 Å². The van der Waals surface area contributed by atoms with Gasteiger partial charge < -0.3 is 14.8 Å². The second-order valence-corrected chi connectivity index (χ2v) is 9.50. The van der Waals surface area contributed by atoms with Crippen LogP contribution in [0, 0.1) is 27.7 Å². The summed E-state index contributed by atoms with van der Waals surface area (Å²) in [4.78, 5) is 11.1. The van der Waals surface area contributed by atoms with Crippen molar-refractivity contribution >= 4 is 23.0 Å². The predicted molar refractivity (Wildman–Crippen MR) is 141 cm³/mol. The van der Waals surface area contributed by atoms with Crippen molar-refractivity contribution in [3.63, 3.8) is 0 Å². The van der Waals surface area contributed by atoms with Crippen LogP contribution in [0.1, 0.15) is 51.4 Å². The highest BCUT2D eigenvalue weighted by Crippen LogP contribution is 2.43. The van der Waals surface area contributed by atoms with Gasteiger partial charge in [0.2, 0.25) is 0 Å². The Morgan fingerprint density at radius 3 is 2.32 bits per heavy atom. The van der Waals surface area contributed by atoms with E-state index in [1.807, 2.05) is 30.7 Å². The summed E-state index contributed by atoms with van der Waals surface area (Å²) in [5.41, 5.74) is 9.49. The fourth-order valence-electron chi connectivity index (χ4n) is 5.08. The van der Waals surface area contributed by atoms with Crippen LogP contribution in [0.5, 0.6) is 0 Å². The Hall–Kier alpha value is -3.51. The van der Waals surface area contributed by atoms with Gasteiger partial charge in [-0.1, -0.05) is 12.1 Å². The van der Waals surface area contributed by atoms with Gasteiger partial charge in [-0.15, -0.1) is 0 Å². The molecule has 5 nitrogen and oxygen atoms in total. The van der Waals surface area contributed by atoms with Crippen LogP contribution in [0.25, 0.3) is 0 Å². The largest absolute Gasteiger partial charge is 0.351 e. The molecule has 6 heteroatoms. The van der Waals surface area contributed by atoms with Crippen LogP contribution < -0.4 is 10.2 Å². The van der Waals surface area contributed by atoms with Crippen molar-refractivity contribution in [2.24, 2.45) is 0 Å². The molecule has 1 aliphatic heterocycles. The number of hydrogen-bond acceptors (Lipinski definition) is 3. The summed E-state index contributed by atoms with van der Waals surface area (Å²) in [6, 6.07) is 19.1. The summed E-state index contributed by atoms with van der Waals surface area (Å²) < 4.78 is 2.38. The van der Waals surface area contributed by atoms with Gasteiger partial charge in [-0.05, 0) is 105 Å². The fraction of sp³-hybridized carbons (Fsp3) is 0.250. The van der Waals surface area contributed by atoms with Crippen LogP contribution in [-0.4, -0.2) is 19.6 Å². The van der Waals surface area contributed by atoms with Gasteiger partial charge in [0, 0.05) is 42.2 Å². The predicted octanol–water partition coefficient (Wildman–Crippen LogP) is 5.74. The second-order valence-electron chi connectivity index (χ2n) is 9.11. The molecule has 1 aromatic carbocycles. The van der Waals surface area contributed by atoms with Crippen molar-refractivity contribution in [2.75, 3.05) is 4.90 Å². The van der Waals surface area contributed by atoms with Crippen molar-refractivity contribution in [3.05, 3.63) is 113 Å². The number of aromatic nitrogens is 3. The molecule has 2 unspecified atom stereocenters. The monoisotopic (exact) mass is 467 g/mol.